The van der Waals surface area contributed by atoms with Gasteiger partial charge in [-0.2, -0.15) is 5.10 Å². The Morgan fingerprint density at radius 1 is 1.12 bits per heavy atom. The van der Waals surface area contributed by atoms with Crippen molar-refractivity contribution in [3.05, 3.63) is 76.3 Å². The summed E-state index contributed by atoms with van der Waals surface area (Å²) >= 11 is 5.36. The summed E-state index contributed by atoms with van der Waals surface area (Å²) in [6.45, 7) is 0. The highest BCUT2D eigenvalue weighted by Crippen LogP contribution is 2.54. The maximum absolute atomic E-state index is 10.9. The summed E-state index contributed by atoms with van der Waals surface area (Å²) in [5.41, 5.74) is 2.24. The summed E-state index contributed by atoms with van der Waals surface area (Å²) in [6, 6.07) is 16.8. The number of H-pyrrole nitrogens is 1. The van der Waals surface area contributed by atoms with Crippen molar-refractivity contribution >= 4 is 18.2 Å². The molecule has 4 rings (SSSR count). The Bertz CT molecular complexity index is 944. The van der Waals surface area contributed by atoms with Crippen LogP contribution in [0.4, 0.5) is 0 Å². The van der Waals surface area contributed by atoms with E-state index in [4.69, 9.17) is 12.2 Å². The molecule has 2 aromatic carbocycles. The number of benzene rings is 2. The smallest absolute Gasteiger partial charge is 0.199 e. The van der Waals surface area contributed by atoms with Gasteiger partial charge < -0.3 is 9.90 Å². The third-order valence-electron chi connectivity index (χ3n) is 4.41. The van der Waals surface area contributed by atoms with Gasteiger partial charge in [-0.25, -0.2) is 0 Å². The second-order valence-electron chi connectivity index (χ2n) is 5.92. The fourth-order valence-corrected chi connectivity index (χ4v) is 3.35. The van der Waals surface area contributed by atoms with Crippen molar-refractivity contribution in [1.82, 2.24) is 14.8 Å². The van der Waals surface area contributed by atoms with Gasteiger partial charge in [0, 0.05) is 11.6 Å². The number of carboxylic acid groups (broad SMARTS) is 1. The molecule has 6 heteroatoms. The average molecular weight is 336 g/mol. The van der Waals surface area contributed by atoms with Crippen molar-refractivity contribution < 1.29 is 9.90 Å². The minimum absolute atomic E-state index is 0.142. The van der Waals surface area contributed by atoms with E-state index in [1.54, 1.807) is 12.1 Å². The molecule has 1 heterocycles. The van der Waals surface area contributed by atoms with E-state index in [0.29, 0.717) is 16.6 Å². The van der Waals surface area contributed by atoms with E-state index in [1.807, 2.05) is 22.8 Å². The van der Waals surface area contributed by atoms with E-state index in [9.17, 15) is 9.90 Å². The number of nitrogens with one attached hydrogen (secondary N) is 1. The molecule has 1 fully saturated rings. The van der Waals surface area contributed by atoms with E-state index in [-0.39, 0.29) is 5.56 Å². The van der Waals surface area contributed by atoms with Crippen LogP contribution in [0.15, 0.2) is 54.6 Å². The van der Waals surface area contributed by atoms with E-state index in [1.165, 1.54) is 17.7 Å². The number of hydrogen-bond donors (Lipinski definition) is 1. The van der Waals surface area contributed by atoms with Crippen molar-refractivity contribution in [3.63, 3.8) is 0 Å². The number of carbonyl (C=O) groups is 1. The van der Waals surface area contributed by atoms with E-state index in [2.05, 4.69) is 22.3 Å². The quantitative estimate of drug-likeness (QED) is 0.743. The second-order valence-corrected chi connectivity index (χ2v) is 6.30. The Balaban J connectivity index is 1.68. The van der Waals surface area contributed by atoms with Gasteiger partial charge in [0.05, 0.1) is 5.97 Å². The average Bonchev–Trinajstić information content (AvgIpc) is 3.31. The molecule has 0 spiro atoms. The minimum Gasteiger partial charge on any atom is -0.545 e. The van der Waals surface area contributed by atoms with Crippen molar-refractivity contribution in [1.29, 1.82) is 0 Å². The molecular weight excluding hydrogens is 322 g/mol. The Kier molecular flexibility index (Phi) is 3.54. The lowest BCUT2D eigenvalue weighted by Crippen LogP contribution is -2.22. The molecule has 1 saturated carbocycles. The number of aromatic nitrogens is 3. The lowest BCUT2D eigenvalue weighted by atomic mass is 10.1. The lowest BCUT2D eigenvalue weighted by molar-refractivity contribution is -0.255. The molecule has 1 aliphatic rings. The van der Waals surface area contributed by atoms with Crippen LogP contribution in [-0.4, -0.2) is 20.7 Å². The molecule has 1 aliphatic carbocycles. The Morgan fingerprint density at radius 3 is 2.50 bits per heavy atom. The molecule has 1 N–H and O–H groups in total. The normalized spacial score (nSPS) is 19.2. The molecule has 3 aromatic rings. The summed E-state index contributed by atoms with van der Waals surface area (Å²) in [5, 5.41) is 18.2. The molecule has 0 unspecified atom stereocenters. The zero-order valence-electron chi connectivity index (χ0n) is 12.7. The van der Waals surface area contributed by atoms with Crippen LogP contribution in [0, 0.1) is 4.77 Å². The maximum Gasteiger partial charge on any atom is 0.199 e. The van der Waals surface area contributed by atoms with Crippen LogP contribution in [0.25, 0.3) is 5.69 Å². The largest absolute Gasteiger partial charge is 0.545 e. The van der Waals surface area contributed by atoms with Gasteiger partial charge in [0.25, 0.3) is 0 Å². The molecule has 5 nitrogen and oxygen atoms in total. The van der Waals surface area contributed by atoms with Crippen LogP contribution < -0.4 is 5.11 Å². The Morgan fingerprint density at radius 2 is 1.83 bits per heavy atom. The van der Waals surface area contributed by atoms with E-state index >= 15 is 0 Å². The number of carbonyl (C=O) groups excluding carboxylic acids is 1. The first kappa shape index (κ1) is 14.8. The van der Waals surface area contributed by atoms with Gasteiger partial charge in [-0.15, -0.1) is 0 Å². The first-order chi connectivity index (χ1) is 11.6. The molecule has 1 aromatic heterocycles. The molecule has 0 bridgehead atoms. The first-order valence-electron chi connectivity index (χ1n) is 7.69. The molecule has 120 valence electrons. The summed E-state index contributed by atoms with van der Waals surface area (Å²) in [6.07, 6.45) is 1.03. The maximum atomic E-state index is 10.9. The van der Waals surface area contributed by atoms with Crippen molar-refractivity contribution in [3.8, 4) is 5.69 Å². The standard InChI is InChI=1S/C18H15N3O2S/c22-17(23)12-6-8-13(9-7-12)21-16(19-20-18(21)24)15-10-14(15)11-4-2-1-3-5-11/h1-9,14-15H,10H2,(H,20,24)(H,22,23)/p-1/t14-,15+/m0/s1. The van der Waals surface area contributed by atoms with Crippen LogP contribution in [-0.2, 0) is 0 Å². The summed E-state index contributed by atoms with van der Waals surface area (Å²) < 4.78 is 2.38. The summed E-state index contributed by atoms with van der Waals surface area (Å²) in [5.74, 6) is 0.442. The van der Waals surface area contributed by atoms with Crippen molar-refractivity contribution in [2.45, 2.75) is 18.3 Å². The number of rotatable bonds is 4. The van der Waals surface area contributed by atoms with Gasteiger partial charge in [0.15, 0.2) is 4.77 Å². The number of nitrogens with zero attached hydrogens (tertiary/aromatic N) is 2. The highest BCUT2D eigenvalue weighted by molar-refractivity contribution is 7.71. The molecule has 24 heavy (non-hydrogen) atoms. The van der Waals surface area contributed by atoms with Crippen LogP contribution in [0.1, 0.15) is 40.0 Å². The van der Waals surface area contributed by atoms with Crippen LogP contribution in [0.2, 0.25) is 0 Å². The molecule has 2 atom stereocenters. The number of aromatic carboxylic acids is 1. The first-order valence-corrected chi connectivity index (χ1v) is 8.10. The molecule has 0 saturated heterocycles. The third-order valence-corrected chi connectivity index (χ3v) is 4.68. The molecule has 0 radical (unpaired) electrons. The topological polar surface area (TPSA) is 73.7 Å². The number of hydrogen-bond acceptors (Lipinski definition) is 4. The van der Waals surface area contributed by atoms with Crippen LogP contribution in [0.3, 0.4) is 0 Å². The summed E-state index contributed by atoms with van der Waals surface area (Å²) in [4.78, 5) is 10.9. The summed E-state index contributed by atoms with van der Waals surface area (Å²) in [7, 11) is 0. The highest BCUT2D eigenvalue weighted by atomic mass is 32.1. The fourth-order valence-electron chi connectivity index (χ4n) is 3.10. The predicted molar refractivity (Wildman–Crippen MR) is 89.6 cm³/mol. The Hall–Kier alpha value is -2.73. The predicted octanol–water partition coefficient (Wildman–Crippen LogP) is 2.56. The highest BCUT2D eigenvalue weighted by Gasteiger charge is 2.43. The van der Waals surface area contributed by atoms with E-state index < -0.39 is 5.97 Å². The van der Waals surface area contributed by atoms with Crippen LogP contribution in [0.5, 0.6) is 0 Å². The van der Waals surface area contributed by atoms with E-state index in [0.717, 1.165) is 17.9 Å². The van der Waals surface area contributed by atoms with Crippen molar-refractivity contribution in [2.75, 3.05) is 0 Å². The zero-order chi connectivity index (χ0) is 16.7. The van der Waals surface area contributed by atoms with Gasteiger partial charge in [-0.3, -0.25) is 9.67 Å². The van der Waals surface area contributed by atoms with Crippen LogP contribution >= 0.6 is 12.2 Å². The van der Waals surface area contributed by atoms with Gasteiger partial charge in [-0.1, -0.05) is 42.5 Å². The molecule has 0 aliphatic heterocycles. The van der Waals surface area contributed by atoms with Gasteiger partial charge in [0.2, 0.25) is 0 Å². The minimum atomic E-state index is -1.19. The number of carboxylic acids is 1. The van der Waals surface area contributed by atoms with Gasteiger partial charge in [0.1, 0.15) is 5.82 Å². The molecular formula is C18H14N3O2S-. The SMILES string of the molecule is O=C([O-])c1ccc(-n2c([C@@H]3C[C@H]3c3ccccc3)n[nH]c2=S)cc1. The van der Waals surface area contributed by atoms with Gasteiger partial charge >= 0.3 is 0 Å². The number of aromatic amines is 1. The Labute approximate surface area is 143 Å². The van der Waals surface area contributed by atoms with Gasteiger partial charge in [-0.05, 0) is 47.8 Å². The lowest BCUT2D eigenvalue weighted by Gasteiger charge is -2.08. The fraction of sp³-hybridized carbons (Fsp3) is 0.167. The monoisotopic (exact) mass is 336 g/mol. The zero-order valence-corrected chi connectivity index (χ0v) is 13.5. The van der Waals surface area contributed by atoms with Crippen molar-refractivity contribution in [2.24, 2.45) is 0 Å². The molecule has 0 amide bonds. The second kappa shape index (κ2) is 5.72. The third kappa shape index (κ3) is 2.55.